The van der Waals surface area contributed by atoms with Crippen LogP contribution in [0.25, 0.3) is 10.8 Å². The molecular weight excluding hydrogens is 440 g/mol. The van der Waals surface area contributed by atoms with Crippen molar-refractivity contribution in [1.29, 1.82) is 0 Å². The Balaban J connectivity index is 1.48. The lowest BCUT2D eigenvalue weighted by atomic mass is 10.0. The van der Waals surface area contributed by atoms with Crippen molar-refractivity contribution in [3.8, 4) is 0 Å². The molecular formula is C25H24N2O3S2. The summed E-state index contributed by atoms with van der Waals surface area (Å²) < 4.78 is 5.10. The van der Waals surface area contributed by atoms with E-state index in [0.717, 1.165) is 26.9 Å². The number of benzene rings is 2. The quantitative estimate of drug-likeness (QED) is 0.345. The number of amides is 1. The molecule has 32 heavy (non-hydrogen) atoms. The number of nitrogens with one attached hydrogen (secondary N) is 1. The molecule has 0 bridgehead atoms. The summed E-state index contributed by atoms with van der Waals surface area (Å²) in [5, 5.41) is 6.84. The van der Waals surface area contributed by atoms with Crippen LogP contribution < -0.4 is 5.32 Å². The fourth-order valence-electron chi connectivity index (χ4n) is 3.62. The van der Waals surface area contributed by atoms with Gasteiger partial charge in [-0.05, 0) is 43.2 Å². The predicted octanol–water partition coefficient (Wildman–Crippen LogP) is 5.92. The van der Waals surface area contributed by atoms with Gasteiger partial charge in [0.05, 0.1) is 29.3 Å². The van der Waals surface area contributed by atoms with E-state index in [4.69, 9.17) is 9.72 Å². The molecule has 164 valence electrons. The van der Waals surface area contributed by atoms with Gasteiger partial charge in [-0.3, -0.25) is 4.79 Å². The molecule has 7 heteroatoms. The fraction of sp³-hybridized carbons (Fsp3) is 0.240. The number of carbonyl (C=O) groups is 2. The van der Waals surface area contributed by atoms with E-state index in [2.05, 4.69) is 35.6 Å². The minimum absolute atomic E-state index is 0.166. The van der Waals surface area contributed by atoms with Crippen LogP contribution in [-0.4, -0.2) is 23.5 Å². The van der Waals surface area contributed by atoms with Crippen LogP contribution in [0.3, 0.4) is 0 Å². The molecule has 0 aliphatic carbocycles. The van der Waals surface area contributed by atoms with Crippen molar-refractivity contribution >= 4 is 50.3 Å². The maximum absolute atomic E-state index is 12.7. The number of nitrogens with zero attached hydrogens (tertiary/aromatic N) is 1. The number of aryl methyl sites for hydroxylation is 2. The zero-order chi connectivity index (χ0) is 22.7. The van der Waals surface area contributed by atoms with Crippen LogP contribution >= 0.6 is 22.7 Å². The summed E-state index contributed by atoms with van der Waals surface area (Å²) >= 11 is 2.94. The van der Waals surface area contributed by atoms with E-state index in [1.54, 1.807) is 24.3 Å². The van der Waals surface area contributed by atoms with E-state index in [-0.39, 0.29) is 12.3 Å². The molecule has 0 saturated carbocycles. The average molecular weight is 465 g/mol. The molecule has 0 saturated heterocycles. The van der Waals surface area contributed by atoms with Crippen LogP contribution in [0.15, 0.2) is 48.5 Å². The van der Waals surface area contributed by atoms with Crippen LogP contribution in [0.5, 0.6) is 0 Å². The van der Waals surface area contributed by atoms with Gasteiger partial charge in [-0.25, -0.2) is 9.78 Å². The molecule has 4 rings (SSSR count). The number of thiazole rings is 1. The lowest BCUT2D eigenvalue weighted by molar-refractivity contribution is -0.115. The summed E-state index contributed by atoms with van der Waals surface area (Å²) in [6, 6.07) is 16.4. The SMILES string of the molecule is CCOC(=O)c1cc(C)sc1NC(=O)Cc1sc(Cc2cccc3ccccc23)nc1C. The lowest BCUT2D eigenvalue weighted by Crippen LogP contribution is -2.16. The van der Waals surface area contributed by atoms with Gasteiger partial charge in [0, 0.05) is 16.2 Å². The third-order valence-corrected chi connectivity index (χ3v) is 7.21. The van der Waals surface area contributed by atoms with Gasteiger partial charge >= 0.3 is 5.97 Å². The Kier molecular flexibility index (Phi) is 6.67. The Morgan fingerprint density at radius 2 is 1.84 bits per heavy atom. The summed E-state index contributed by atoms with van der Waals surface area (Å²) in [4.78, 5) is 31.5. The largest absolute Gasteiger partial charge is 0.462 e. The summed E-state index contributed by atoms with van der Waals surface area (Å²) in [5.74, 6) is -0.584. The van der Waals surface area contributed by atoms with Gasteiger partial charge < -0.3 is 10.1 Å². The second-order valence-corrected chi connectivity index (χ2v) is 9.90. The van der Waals surface area contributed by atoms with Gasteiger partial charge in [0.1, 0.15) is 5.00 Å². The molecule has 2 aromatic heterocycles. The Morgan fingerprint density at radius 1 is 1.06 bits per heavy atom. The first kappa shape index (κ1) is 22.2. The number of thiophene rings is 1. The van der Waals surface area contributed by atoms with Crippen LogP contribution in [0.2, 0.25) is 0 Å². The van der Waals surface area contributed by atoms with Gasteiger partial charge in [-0.2, -0.15) is 0 Å². The zero-order valence-corrected chi connectivity index (χ0v) is 19.9. The lowest BCUT2D eigenvalue weighted by Gasteiger charge is -2.06. The third kappa shape index (κ3) is 4.89. The highest BCUT2D eigenvalue weighted by atomic mass is 32.1. The maximum atomic E-state index is 12.7. The van der Waals surface area contributed by atoms with Crippen molar-refractivity contribution in [2.75, 3.05) is 11.9 Å². The number of anilines is 1. The zero-order valence-electron chi connectivity index (χ0n) is 18.2. The molecule has 2 aromatic carbocycles. The predicted molar refractivity (Wildman–Crippen MR) is 131 cm³/mol. The number of hydrogen-bond acceptors (Lipinski definition) is 6. The number of carbonyl (C=O) groups excluding carboxylic acids is 2. The van der Waals surface area contributed by atoms with Gasteiger partial charge in [0.15, 0.2) is 0 Å². The van der Waals surface area contributed by atoms with E-state index < -0.39 is 5.97 Å². The molecule has 0 aliphatic rings. The first-order valence-corrected chi connectivity index (χ1v) is 12.1. The smallest absolute Gasteiger partial charge is 0.341 e. The van der Waals surface area contributed by atoms with E-state index in [0.29, 0.717) is 17.2 Å². The Labute approximate surface area is 195 Å². The van der Waals surface area contributed by atoms with Crippen LogP contribution in [0.1, 0.15) is 43.3 Å². The Bertz CT molecular complexity index is 1280. The first-order chi connectivity index (χ1) is 15.4. The van der Waals surface area contributed by atoms with E-state index >= 15 is 0 Å². The molecule has 1 N–H and O–H groups in total. The van der Waals surface area contributed by atoms with Gasteiger partial charge in [0.25, 0.3) is 0 Å². The average Bonchev–Trinajstić information content (AvgIpc) is 3.30. The van der Waals surface area contributed by atoms with E-state index in [1.807, 2.05) is 26.0 Å². The molecule has 0 unspecified atom stereocenters. The van der Waals surface area contributed by atoms with Gasteiger partial charge in [0.2, 0.25) is 5.91 Å². The van der Waals surface area contributed by atoms with E-state index in [1.165, 1.54) is 27.7 Å². The maximum Gasteiger partial charge on any atom is 0.341 e. The molecule has 0 fully saturated rings. The van der Waals surface area contributed by atoms with Crippen molar-refractivity contribution in [3.63, 3.8) is 0 Å². The molecule has 0 aliphatic heterocycles. The van der Waals surface area contributed by atoms with Gasteiger partial charge in [-0.1, -0.05) is 42.5 Å². The second-order valence-electron chi connectivity index (χ2n) is 7.48. The summed E-state index contributed by atoms with van der Waals surface area (Å²) in [6.07, 6.45) is 0.948. The molecule has 1 amide bonds. The molecule has 0 radical (unpaired) electrons. The van der Waals surface area contributed by atoms with Crippen molar-refractivity contribution in [1.82, 2.24) is 4.98 Å². The first-order valence-electron chi connectivity index (χ1n) is 10.4. The molecule has 0 spiro atoms. The van der Waals surface area contributed by atoms with Gasteiger partial charge in [-0.15, -0.1) is 22.7 Å². The summed E-state index contributed by atoms with van der Waals surface area (Å²) in [6.45, 7) is 5.89. The Morgan fingerprint density at radius 3 is 2.66 bits per heavy atom. The highest BCUT2D eigenvalue weighted by Gasteiger charge is 2.19. The van der Waals surface area contributed by atoms with E-state index in [9.17, 15) is 9.59 Å². The number of aromatic nitrogens is 1. The van der Waals surface area contributed by atoms with Crippen molar-refractivity contribution in [2.24, 2.45) is 0 Å². The number of rotatable bonds is 7. The summed E-state index contributed by atoms with van der Waals surface area (Å²) in [5.41, 5.74) is 2.50. The number of fused-ring (bicyclic) bond motifs is 1. The number of esters is 1. The highest BCUT2D eigenvalue weighted by molar-refractivity contribution is 7.16. The minimum atomic E-state index is -0.418. The highest BCUT2D eigenvalue weighted by Crippen LogP contribution is 2.29. The van der Waals surface area contributed by atoms with Crippen molar-refractivity contribution in [2.45, 2.75) is 33.6 Å². The van der Waals surface area contributed by atoms with Crippen LogP contribution in [0, 0.1) is 13.8 Å². The second kappa shape index (κ2) is 9.63. The van der Waals surface area contributed by atoms with Crippen LogP contribution in [-0.2, 0) is 22.4 Å². The molecule has 4 aromatic rings. The molecule has 2 heterocycles. The monoisotopic (exact) mass is 464 g/mol. The van der Waals surface area contributed by atoms with Crippen molar-refractivity contribution < 1.29 is 14.3 Å². The third-order valence-electron chi connectivity index (χ3n) is 5.08. The Hall–Kier alpha value is -3.03. The molecule has 0 atom stereocenters. The fourth-order valence-corrected chi connectivity index (χ4v) is 5.63. The normalized spacial score (nSPS) is 11.0. The number of hydrogen-bond donors (Lipinski definition) is 1. The van der Waals surface area contributed by atoms with Crippen molar-refractivity contribution in [3.05, 3.63) is 80.1 Å². The standard InChI is InChI=1S/C25H24N2O3S2/c1-4-30-25(29)20-12-15(2)31-24(20)27-22(28)14-21-16(3)26-23(32-21)13-18-10-7-9-17-8-5-6-11-19(17)18/h5-12H,4,13-14H2,1-3H3,(H,27,28). The van der Waals surface area contributed by atoms with Crippen LogP contribution in [0.4, 0.5) is 5.00 Å². The molecule has 5 nitrogen and oxygen atoms in total. The summed E-state index contributed by atoms with van der Waals surface area (Å²) in [7, 11) is 0. The minimum Gasteiger partial charge on any atom is -0.462 e. The topological polar surface area (TPSA) is 68.3 Å². The number of ether oxygens (including phenoxy) is 1.